The van der Waals surface area contributed by atoms with Gasteiger partial charge in [-0.25, -0.2) is 0 Å². The van der Waals surface area contributed by atoms with Crippen LogP contribution in [0.1, 0.15) is 35.2 Å². The highest BCUT2D eigenvalue weighted by molar-refractivity contribution is 7.99. The summed E-state index contributed by atoms with van der Waals surface area (Å²) in [5.74, 6) is 0.0865. The van der Waals surface area contributed by atoms with Gasteiger partial charge >= 0.3 is 0 Å². The van der Waals surface area contributed by atoms with Crippen molar-refractivity contribution in [3.63, 3.8) is 0 Å². The van der Waals surface area contributed by atoms with Gasteiger partial charge < -0.3 is 10.6 Å². The second-order valence-corrected chi connectivity index (χ2v) is 6.49. The van der Waals surface area contributed by atoms with E-state index in [-0.39, 0.29) is 5.91 Å². The van der Waals surface area contributed by atoms with Crippen LogP contribution in [0.3, 0.4) is 0 Å². The van der Waals surface area contributed by atoms with Gasteiger partial charge in [-0.3, -0.25) is 4.79 Å². The first-order valence-corrected chi connectivity index (χ1v) is 8.59. The molecule has 0 bridgehead atoms. The largest absolute Gasteiger partial charge is 0.349 e. The van der Waals surface area contributed by atoms with Gasteiger partial charge in [-0.05, 0) is 57.2 Å². The Hall–Kier alpha value is -1.00. The summed E-state index contributed by atoms with van der Waals surface area (Å²) < 4.78 is 0. The van der Waals surface area contributed by atoms with Gasteiger partial charge in [0.25, 0.3) is 5.91 Å². The van der Waals surface area contributed by atoms with Gasteiger partial charge in [0.2, 0.25) is 0 Å². The summed E-state index contributed by atoms with van der Waals surface area (Å²) in [6, 6.07) is 8.27. The molecule has 0 heterocycles. The highest BCUT2D eigenvalue weighted by Gasteiger charge is 2.25. The summed E-state index contributed by atoms with van der Waals surface area (Å²) in [6.45, 7) is 0.891. The molecule has 1 amide bonds. The topological polar surface area (TPSA) is 41.1 Å². The molecule has 1 aliphatic rings. The van der Waals surface area contributed by atoms with Crippen LogP contribution in [-0.2, 0) is 6.42 Å². The van der Waals surface area contributed by atoms with Gasteiger partial charge in [0.1, 0.15) is 0 Å². The van der Waals surface area contributed by atoms with Crippen molar-refractivity contribution in [2.24, 2.45) is 0 Å². The average Bonchev–Trinajstić information content (AvgIpc) is 2.93. The molecule has 2 N–H and O–H groups in total. The van der Waals surface area contributed by atoms with Crippen LogP contribution in [0, 0.1) is 0 Å². The van der Waals surface area contributed by atoms with Crippen LogP contribution in [0.5, 0.6) is 0 Å². The fourth-order valence-corrected chi connectivity index (χ4v) is 3.56. The van der Waals surface area contributed by atoms with Crippen molar-refractivity contribution in [3.8, 4) is 0 Å². The zero-order valence-electron chi connectivity index (χ0n) is 12.3. The molecule has 0 aromatic heterocycles. The Morgan fingerprint density at radius 2 is 2.15 bits per heavy atom. The van der Waals surface area contributed by atoms with Crippen LogP contribution >= 0.6 is 11.8 Å². The van der Waals surface area contributed by atoms with Crippen molar-refractivity contribution in [1.29, 1.82) is 0 Å². The molecular weight excluding hydrogens is 268 g/mol. The Labute approximate surface area is 125 Å². The number of carbonyl (C=O) groups is 1. The molecule has 1 aromatic rings. The fraction of sp³-hybridized carbons (Fsp3) is 0.562. The Kier molecular flexibility index (Phi) is 5.92. The summed E-state index contributed by atoms with van der Waals surface area (Å²) in [4.78, 5) is 12.4. The van der Waals surface area contributed by atoms with Crippen molar-refractivity contribution in [3.05, 3.63) is 35.4 Å². The van der Waals surface area contributed by atoms with Crippen LogP contribution in [0.2, 0.25) is 0 Å². The van der Waals surface area contributed by atoms with Crippen LogP contribution in [-0.4, -0.2) is 37.0 Å². The molecule has 0 spiro atoms. The van der Waals surface area contributed by atoms with Gasteiger partial charge in [-0.15, -0.1) is 0 Å². The van der Waals surface area contributed by atoms with Crippen molar-refractivity contribution >= 4 is 17.7 Å². The monoisotopic (exact) mass is 292 g/mol. The Morgan fingerprint density at radius 1 is 1.35 bits per heavy atom. The van der Waals surface area contributed by atoms with Crippen molar-refractivity contribution in [2.75, 3.05) is 19.8 Å². The van der Waals surface area contributed by atoms with Gasteiger partial charge in [-0.1, -0.05) is 18.2 Å². The second kappa shape index (κ2) is 7.70. The zero-order valence-corrected chi connectivity index (χ0v) is 13.1. The number of hydrogen-bond acceptors (Lipinski definition) is 3. The van der Waals surface area contributed by atoms with Crippen LogP contribution in [0.15, 0.2) is 24.3 Å². The summed E-state index contributed by atoms with van der Waals surface area (Å²) in [5, 5.41) is 7.05. The van der Waals surface area contributed by atoms with E-state index in [0.29, 0.717) is 11.3 Å². The molecule has 1 saturated carbocycles. The summed E-state index contributed by atoms with van der Waals surface area (Å²) >= 11 is 1.91. The Bertz CT molecular complexity index is 450. The molecule has 2 atom stereocenters. The number of hydrogen-bond donors (Lipinski definition) is 2. The minimum atomic E-state index is 0.0865. The highest BCUT2D eigenvalue weighted by Crippen LogP contribution is 2.28. The van der Waals surface area contributed by atoms with E-state index in [4.69, 9.17) is 0 Å². The van der Waals surface area contributed by atoms with E-state index in [2.05, 4.69) is 16.9 Å². The molecule has 2 unspecified atom stereocenters. The van der Waals surface area contributed by atoms with Gasteiger partial charge in [0, 0.05) is 16.9 Å². The molecule has 0 saturated heterocycles. The van der Waals surface area contributed by atoms with E-state index < -0.39 is 0 Å². The van der Waals surface area contributed by atoms with Crippen LogP contribution < -0.4 is 10.6 Å². The highest BCUT2D eigenvalue weighted by atomic mass is 32.2. The number of likely N-dealkylation sites (N-methyl/N-ethyl adjacent to an activating group) is 1. The molecule has 0 aliphatic heterocycles. The molecule has 0 radical (unpaired) electrons. The maximum atomic E-state index is 12.4. The normalized spacial score (nSPS) is 21.9. The van der Waals surface area contributed by atoms with Gasteiger partial charge in [0.05, 0.1) is 0 Å². The second-order valence-electron chi connectivity index (χ2n) is 5.35. The molecule has 1 aromatic carbocycles. The van der Waals surface area contributed by atoms with Gasteiger partial charge in [0.15, 0.2) is 0 Å². The quantitative estimate of drug-likeness (QED) is 0.846. The smallest absolute Gasteiger partial charge is 0.251 e. The first kappa shape index (κ1) is 15.4. The number of rotatable bonds is 6. The van der Waals surface area contributed by atoms with Crippen LogP contribution in [0.4, 0.5) is 0 Å². The number of thioether (sulfide) groups is 1. The predicted octanol–water partition coefficient (Wildman–Crippen LogP) is 2.46. The number of carbonyl (C=O) groups excluding carboxylic acids is 1. The number of nitrogens with one attached hydrogen (secondary N) is 2. The maximum absolute atomic E-state index is 12.4. The third-order valence-electron chi connectivity index (χ3n) is 3.96. The van der Waals surface area contributed by atoms with E-state index in [0.717, 1.165) is 36.9 Å². The van der Waals surface area contributed by atoms with E-state index in [1.165, 1.54) is 6.42 Å². The molecule has 110 valence electrons. The van der Waals surface area contributed by atoms with E-state index in [9.17, 15) is 4.79 Å². The average molecular weight is 292 g/mol. The molecule has 3 nitrogen and oxygen atoms in total. The Morgan fingerprint density at radius 3 is 2.85 bits per heavy atom. The first-order valence-electron chi connectivity index (χ1n) is 7.30. The lowest BCUT2D eigenvalue weighted by Crippen LogP contribution is -2.33. The lowest BCUT2D eigenvalue weighted by molar-refractivity contribution is 0.0937. The summed E-state index contributed by atoms with van der Waals surface area (Å²) in [6.07, 6.45) is 6.47. The first-order chi connectivity index (χ1) is 9.74. The molecule has 2 rings (SSSR count). The third-order valence-corrected chi connectivity index (χ3v) is 5.05. The van der Waals surface area contributed by atoms with E-state index in [1.54, 1.807) is 0 Å². The van der Waals surface area contributed by atoms with Crippen molar-refractivity contribution in [2.45, 2.75) is 37.0 Å². The lowest BCUT2D eigenvalue weighted by Gasteiger charge is -2.15. The third kappa shape index (κ3) is 4.00. The molecule has 4 heteroatoms. The predicted molar refractivity (Wildman–Crippen MR) is 86.5 cm³/mol. The number of benzene rings is 1. The van der Waals surface area contributed by atoms with Gasteiger partial charge in [-0.2, -0.15) is 11.8 Å². The fourth-order valence-electron chi connectivity index (χ4n) is 2.77. The minimum absolute atomic E-state index is 0.0865. The van der Waals surface area contributed by atoms with E-state index >= 15 is 0 Å². The van der Waals surface area contributed by atoms with Crippen LogP contribution in [0.25, 0.3) is 0 Å². The maximum Gasteiger partial charge on any atom is 0.251 e. The summed E-state index contributed by atoms with van der Waals surface area (Å²) in [7, 11) is 1.93. The Balaban J connectivity index is 1.98. The molecule has 1 fully saturated rings. The zero-order chi connectivity index (χ0) is 14.4. The number of amides is 1. The molecule has 1 aliphatic carbocycles. The van der Waals surface area contributed by atoms with E-state index in [1.807, 2.05) is 43.1 Å². The van der Waals surface area contributed by atoms with Crippen molar-refractivity contribution in [1.82, 2.24) is 10.6 Å². The minimum Gasteiger partial charge on any atom is -0.349 e. The lowest BCUT2D eigenvalue weighted by atomic mass is 10.0. The SMILES string of the molecule is CNCCc1ccccc1C(=O)NC1CCC(SC)C1. The van der Waals surface area contributed by atoms with Crippen molar-refractivity contribution < 1.29 is 4.79 Å². The standard InChI is InChI=1S/C16H24N2OS/c1-17-10-9-12-5-3-4-6-15(12)16(19)18-13-7-8-14(11-13)20-2/h3-6,13-14,17H,7-11H2,1-2H3,(H,18,19). The molecule has 20 heavy (non-hydrogen) atoms. The summed E-state index contributed by atoms with van der Waals surface area (Å²) in [5.41, 5.74) is 1.95. The molecular formula is C16H24N2OS.